The summed E-state index contributed by atoms with van der Waals surface area (Å²) in [5.74, 6) is 0.216. The van der Waals surface area contributed by atoms with Gasteiger partial charge in [-0.1, -0.05) is 13.3 Å². The van der Waals surface area contributed by atoms with Gasteiger partial charge >= 0.3 is 5.97 Å². The van der Waals surface area contributed by atoms with Crippen LogP contribution >= 0.6 is 0 Å². The second-order valence-corrected chi connectivity index (χ2v) is 5.94. The van der Waals surface area contributed by atoms with E-state index in [0.717, 1.165) is 18.4 Å². The summed E-state index contributed by atoms with van der Waals surface area (Å²) in [5.41, 5.74) is 1.51. The van der Waals surface area contributed by atoms with Crippen LogP contribution < -0.4 is 10.1 Å². The number of carbonyl (C=O) groups is 2. The summed E-state index contributed by atoms with van der Waals surface area (Å²) in [6.45, 7) is 4.35. The first-order valence-corrected chi connectivity index (χ1v) is 8.27. The van der Waals surface area contributed by atoms with Gasteiger partial charge in [0, 0.05) is 31.2 Å². The summed E-state index contributed by atoms with van der Waals surface area (Å²) in [4.78, 5) is 23.2. The Morgan fingerprint density at radius 2 is 2.17 bits per heavy atom. The molecule has 24 heavy (non-hydrogen) atoms. The number of carbonyl (C=O) groups excluding carboxylic acids is 2. The minimum absolute atomic E-state index is 0.121. The van der Waals surface area contributed by atoms with Gasteiger partial charge in [0.15, 0.2) is 0 Å². The van der Waals surface area contributed by atoms with Crippen molar-refractivity contribution < 1.29 is 23.8 Å². The fraction of sp³-hybridized carbons (Fsp3) is 0.556. The lowest BCUT2D eigenvalue weighted by molar-refractivity contribution is -0.147. The standard InChI is InChI=1S/C18H25NO5/c1-4-5-8-23-17(21)9-13-11-24-16-7-6-14(19-12(2)20)10-15(16)18(13)22-3/h6-7,10,13,18H,4-5,8-9,11H2,1-3H3,(H,19,20). The average Bonchev–Trinajstić information content (AvgIpc) is 2.54. The van der Waals surface area contributed by atoms with Crippen molar-refractivity contribution >= 4 is 17.6 Å². The molecule has 2 rings (SSSR count). The number of rotatable bonds is 7. The quantitative estimate of drug-likeness (QED) is 0.612. The smallest absolute Gasteiger partial charge is 0.306 e. The van der Waals surface area contributed by atoms with Crippen molar-refractivity contribution in [3.63, 3.8) is 0 Å². The van der Waals surface area contributed by atoms with Gasteiger partial charge in [0.2, 0.25) is 5.91 Å². The summed E-state index contributed by atoms with van der Waals surface area (Å²) >= 11 is 0. The fourth-order valence-corrected chi connectivity index (χ4v) is 2.81. The Kier molecular flexibility index (Phi) is 6.61. The SMILES string of the molecule is CCCCOC(=O)CC1COc2ccc(NC(C)=O)cc2C1OC. The number of nitrogens with one attached hydrogen (secondary N) is 1. The van der Waals surface area contributed by atoms with Crippen molar-refractivity contribution in [2.24, 2.45) is 5.92 Å². The van der Waals surface area contributed by atoms with E-state index >= 15 is 0 Å². The Labute approximate surface area is 142 Å². The molecule has 0 spiro atoms. The van der Waals surface area contributed by atoms with E-state index in [0.29, 0.717) is 24.7 Å². The minimum atomic E-state index is -0.277. The van der Waals surface area contributed by atoms with Crippen LogP contribution in [0.2, 0.25) is 0 Å². The zero-order valence-electron chi connectivity index (χ0n) is 14.5. The Bertz CT molecular complexity index is 587. The molecule has 1 aromatic carbocycles. The molecule has 1 aliphatic rings. The molecular formula is C18H25NO5. The molecule has 1 aromatic rings. The third kappa shape index (κ3) is 4.71. The number of unbranched alkanes of at least 4 members (excludes halogenated alkanes) is 1. The topological polar surface area (TPSA) is 73.9 Å². The maximum Gasteiger partial charge on any atom is 0.306 e. The van der Waals surface area contributed by atoms with Gasteiger partial charge in [0.1, 0.15) is 5.75 Å². The van der Waals surface area contributed by atoms with Crippen molar-refractivity contribution in [2.75, 3.05) is 25.6 Å². The third-order valence-electron chi connectivity index (χ3n) is 3.96. The van der Waals surface area contributed by atoms with Crippen LogP contribution in [-0.4, -0.2) is 32.2 Å². The van der Waals surface area contributed by atoms with Crippen molar-refractivity contribution in [3.8, 4) is 5.75 Å². The first kappa shape index (κ1) is 18.3. The van der Waals surface area contributed by atoms with E-state index in [2.05, 4.69) is 5.32 Å². The molecule has 6 nitrogen and oxygen atoms in total. The molecule has 0 radical (unpaired) electrons. The fourth-order valence-electron chi connectivity index (χ4n) is 2.81. The molecule has 132 valence electrons. The summed E-state index contributed by atoms with van der Waals surface area (Å²) in [6, 6.07) is 5.42. The van der Waals surface area contributed by atoms with E-state index in [1.54, 1.807) is 13.2 Å². The number of fused-ring (bicyclic) bond motifs is 1. The summed E-state index contributed by atoms with van der Waals surface area (Å²) in [5, 5.41) is 2.75. The van der Waals surface area contributed by atoms with E-state index in [9.17, 15) is 9.59 Å². The third-order valence-corrected chi connectivity index (χ3v) is 3.96. The number of amides is 1. The Balaban J connectivity index is 2.09. The highest BCUT2D eigenvalue weighted by Crippen LogP contribution is 2.40. The van der Waals surface area contributed by atoms with Crippen molar-refractivity contribution in [3.05, 3.63) is 23.8 Å². The molecule has 0 aromatic heterocycles. The van der Waals surface area contributed by atoms with Crippen molar-refractivity contribution in [1.29, 1.82) is 0 Å². The Morgan fingerprint density at radius 1 is 1.38 bits per heavy atom. The normalized spacial score (nSPS) is 19.1. The molecule has 6 heteroatoms. The molecule has 0 saturated heterocycles. The molecule has 1 aliphatic heterocycles. The van der Waals surface area contributed by atoms with E-state index in [1.807, 2.05) is 19.1 Å². The lowest BCUT2D eigenvalue weighted by Crippen LogP contribution is -2.30. The highest BCUT2D eigenvalue weighted by molar-refractivity contribution is 5.88. The van der Waals surface area contributed by atoms with Gasteiger partial charge in [-0.25, -0.2) is 0 Å². The van der Waals surface area contributed by atoms with Gasteiger partial charge in [-0.2, -0.15) is 0 Å². The number of anilines is 1. The van der Waals surface area contributed by atoms with Gasteiger partial charge in [0.05, 0.1) is 25.7 Å². The minimum Gasteiger partial charge on any atom is -0.493 e. The molecule has 0 saturated carbocycles. The molecule has 2 unspecified atom stereocenters. The molecule has 1 N–H and O–H groups in total. The van der Waals surface area contributed by atoms with E-state index in [4.69, 9.17) is 14.2 Å². The predicted molar refractivity (Wildman–Crippen MR) is 90.0 cm³/mol. The molecule has 1 heterocycles. The molecule has 2 atom stereocenters. The molecule has 0 aliphatic carbocycles. The number of esters is 1. The number of hydrogen-bond acceptors (Lipinski definition) is 5. The van der Waals surface area contributed by atoms with Crippen LogP contribution in [0, 0.1) is 5.92 Å². The van der Waals surface area contributed by atoms with E-state index in [1.165, 1.54) is 6.92 Å². The van der Waals surface area contributed by atoms with Crippen LogP contribution in [0.15, 0.2) is 18.2 Å². The summed E-state index contributed by atoms with van der Waals surface area (Å²) in [6.07, 6.45) is 1.82. The zero-order chi connectivity index (χ0) is 17.5. The number of methoxy groups -OCH3 is 1. The largest absolute Gasteiger partial charge is 0.493 e. The van der Waals surface area contributed by atoms with Crippen molar-refractivity contribution in [2.45, 2.75) is 39.2 Å². The van der Waals surface area contributed by atoms with Crippen LogP contribution in [0.3, 0.4) is 0 Å². The van der Waals surface area contributed by atoms with E-state index < -0.39 is 0 Å². The molecule has 0 bridgehead atoms. The van der Waals surface area contributed by atoms with Gasteiger partial charge in [-0.15, -0.1) is 0 Å². The first-order chi connectivity index (χ1) is 11.5. The maximum absolute atomic E-state index is 12.0. The number of ether oxygens (including phenoxy) is 3. The second-order valence-electron chi connectivity index (χ2n) is 5.94. The molecular weight excluding hydrogens is 310 g/mol. The van der Waals surface area contributed by atoms with Gasteiger partial charge in [-0.05, 0) is 24.6 Å². The molecule has 0 fully saturated rings. The predicted octanol–water partition coefficient (Wildman–Crippen LogP) is 3.07. The van der Waals surface area contributed by atoms with Gasteiger partial charge < -0.3 is 19.5 Å². The average molecular weight is 335 g/mol. The molecule has 1 amide bonds. The van der Waals surface area contributed by atoms with Gasteiger partial charge in [0.25, 0.3) is 0 Å². The van der Waals surface area contributed by atoms with Crippen LogP contribution in [0.4, 0.5) is 5.69 Å². The first-order valence-electron chi connectivity index (χ1n) is 8.27. The summed E-state index contributed by atoms with van der Waals surface area (Å²) < 4.78 is 16.6. The number of benzene rings is 1. The van der Waals surface area contributed by atoms with Crippen LogP contribution in [0.5, 0.6) is 5.75 Å². The second kappa shape index (κ2) is 8.68. The number of hydrogen-bond donors (Lipinski definition) is 1. The van der Waals surface area contributed by atoms with Crippen molar-refractivity contribution in [1.82, 2.24) is 0 Å². The van der Waals surface area contributed by atoms with Crippen LogP contribution in [-0.2, 0) is 19.1 Å². The zero-order valence-corrected chi connectivity index (χ0v) is 14.5. The lowest BCUT2D eigenvalue weighted by Gasteiger charge is -2.32. The van der Waals surface area contributed by atoms with E-state index in [-0.39, 0.29) is 30.3 Å². The van der Waals surface area contributed by atoms with Gasteiger partial charge in [-0.3, -0.25) is 9.59 Å². The summed E-state index contributed by atoms with van der Waals surface area (Å²) in [7, 11) is 1.61. The highest BCUT2D eigenvalue weighted by Gasteiger charge is 2.33. The monoisotopic (exact) mass is 335 g/mol. The Morgan fingerprint density at radius 3 is 2.83 bits per heavy atom. The maximum atomic E-state index is 12.0. The Hall–Kier alpha value is -2.08. The van der Waals surface area contributed by atoms with Crippen LogP contribution in [0.1, 0.15) is 44.8 Å². The lowest BCUT2D eigenvalue weighted by atomic mass is 9.90. The van der Waals surface area contributed by atoms with Crippen LogP contribution in [0.25, 0.3) is 0 Å². The highest BCUT2D eigenvalue weighted by atomic mass is 16.5.